The first kappa shape index (κ1) is 15.2. The van der Waals surface area contributed by atoms with Gasteiger partial charge in [-0.2, -0.15) is 0 Å². The highest BCUT2D eigenvalue weighted by atomic mass is 79.9. The second-order valence-corrected chi connectivity index (χ2v) is 6.16. The third-order valence-corrected chi connectivity index (χ3v) is 3.84. The van der Waals surface area contributed by atoms with Crippen molar-refractivity contribution >= 4 is 21.9 Å². The highest BCUT2D eigenvalue weighted by Gasteiger charge is 2.36. The molecular weight excluding hydrogens is 292 g/mol. The van der Waals surface area contributed by atoms with Gasteiger partial charge in [-0.3, -0.25) is 4.79 Å². The van der Waals surface area contributed by atoms with E-state index in [0.29, 0.717) is 0 Å². The van der Waals surface area contributed by atoms with Crippen LogP contribution in [-0.2, 0) is 9.53 Å². The zero-order chi connectivity index (χ0) is 13.8. The minimum Gasteiger partial charge on any atom is -0.469 e. The fraction of sp³-hybridized carbons (Fsp3) is 0.533. The maximum absolute atomic E-state index is 12.1. The molecule has 0 N–H and O–H groups in total. The Morgan fingerprint density at radius 2 is 1.89 bits per heavy atom. The Kier molecular flexibility index (Phi) is 5.39. The van der Waals surface area contributed by atoms with E-state index in [1.807, 2.05) is 24.3 Å². The predicted octanol–water partition coefficient (Wildman–Crippen LogP) is 4.53. The quantitative estimate of drug-likeness (QED) is 0.746. The van der Waals surface area contributed by atoms with E-state index in [0.717, 1.165) is 22.9 Å². The normalized spacial score (nSPS) is 13.2. The SMILES string of the molecule is CCCC(C)(C)[C@@H](C(=O)OC)c1ccc(Br)cc1. The van der Waals surface area contributed by atoms with Crippen molar-refractivity contribution in [3.63, 3.8) is 0 Å². The van der Waals surface area contributed by atoms with Gasteiger partial charge in [0.2, 0.25) is 0 Å². The molecule has 0 saturated carbocycles. The molecule has 1 rings (SSSR count). The summed E-state index contributed by atoms with van der Waals surface area (Å²) in [5.74, 6) is -0.369. The molecule has 0 radical (unpaired) electrons. The third kappa shape index (κ3) is 3.58. The van der Waals surface area contributed by atoms with Crippen molar-refractivity contribution in [2.75, 3.05) is 7.11 Å². The van der Waals surface area contributed by atoms with Crippen LogP contribution in [0.15, 0.2) is 28.7 Å². The molecule has 0 spiro atoms. The van der Waals surface area contributed by atoms with E-state index in [2.05, 4.69) is 36.7 Å². The van der Waals surface area contributed by atoms with Gasteiger partial charge in [0, 0.05) is 4.47 Å². The second kappa shape index (κ2) is 6.37. The van der Waals surface area contributed by atoms with Crippen LogP contribution in [0.3, 0.4) is 0 Å². The summed E-state index contributed by atoms with van der Waals surface area (Å²) in [6.45, 7) is 6.39. The Bertz CT molecular complexity index is 395. The van der Waals surface area contributed by atoms with Crippen LogP contribution in [0.1, 0.15) is 45.1 Å². The summed E-state index contributed by atoms with van der Waals surface area (Å²) in [4.78, 5) is 12.1. The molecule has 0 aliphatic rings. The standard InChI is InChI=1S/C15H21BrO2/c1-5-10-15(2,3)13(14(17)18-4)11-6-8-12(16)9-7-11/h6-9,13H,5,10H2,1-4H3/t13-/m1/s1. The molecule has 18 heavy (non-hydrogen) atoms. The molecule has 0 aliphatic carbocycles. The third-order valence-electron chi connectivity index (χ3n) is 3.32. The van der Waals surface area contributed by atoms with Gasteiger partial charge in [0.25, 0.3) is 0 Å². The number of carbonyl (C=O) groups excluding carboxylic acids is 1. The fourth-order valence-electron chi connectivity index (χ4n) is 2.47. The van der Waals surface area contributed by atoms with Gasteiger partial charge in [-0.1, -0.05) is 55.3 Å². The molecule has 0 bridgehead atoms. The molecule has 3 heteroatoms. The Morgan fingerprint density at radius 3 is 2.33 bits per heavy atom. The average molecular weight is 313 g/mol. The summed E-state index contributed by atoms with van der Waals surface area (Å²) in [7, 11) is 1.45. The van der Waals surface area contributed by atoms with Gasteiger partial charge in [0.1, 0.15) is 0 Å². The highest BCUT2D eigenvalue weighted by molar-refractivity contribution is 9.10. The average Bonchev–Trinajstić information content (AvgIpc) is 2.31. The molecule has 0 aliphatic heterocycles. The van der Waals surface area contributed by atoms with Crippen LogP contribution in [0.4, 0.5) is 0 Å². The smallest absolute Gasteiger partial charge is 0.313 e. The van der Waals surface area contributed by atoms with Crippen molar-refractivity contribution in [2.45, 2.75) is 39.5 Å². The highest BCUT2D eigenvalue weighted by Crippen LogP contribution is 2.40. The van der Waals surface area contributed by atoms with E-state index in [1.54, 1.807) is 0 Å². The lowest BCUT2D eigenvalue weighted by Gasteiger charge is -2.32. The van der Waals surface area contributed by atoms with Crippen LogP contribution in [0.25, 0.3) is 0 Å². The van der Waals surface area contributed by atoms with E-state index in [-0.39, 0.29) is 17.3 Å². The molecule has 0 unspecified atom stereocenters. The van der Waals surface area contributed by atoms with Crippen LogP contribution in [0, 0.1) is 5.41 Å². The number of halogens is 1. The lowest BCUT2D eigenvalue weighted by atomic mass is 9.72. The lowest BCUT2D eigenvalue weighted by molar-refractivity contribution is -0.145. The first-order valence-electron chi connectivity index (χ1n) is 6.25. The van der Waals surface area contributed by atoms with Gasteiger partial charge < -0.3 is 4.74 Å². The Balaban J connectivity index is 3.13. The molecule has 0 saturated heterocycles. The van der Waals surface area contributed by atoms with Crippen molar-refractivity contribution in [1.82, 2.24) is 0 Å². The van der Waals surface area contributed by atoms with Crippen molar-refractivity contribution in [2.24, 2.45) is 5.41 Å². The van der Waals surface area contributed by atoms with Gasteiger partial charge in [-0.25, -0.2) is 0 Å². The molecule has 1 atom stereocenters. The number of methoxy groups -OCH3 is 1. The van der Waals surface area contributed by atoms with Crippen molar-refractivity contribution in [1.29, 1.82) is 0 Å². The molecule has 2 nitrogen and oxygen atoms in total. The number of ether oxygens (including phenoxy) is 1. The summed E-state index contributed by atoms with van der Waals surface area (Å²) in [6.07, 6.45) is 2.04. The molecule has 0 aromatic heterocycles. The van der Waals surface area contributed by atoms with E-state index in [4.69, 9.17) is 4.74 Å². The van der Waals surface area contributed by atoms with Gasteiger partial charge in [0.15, 0.2) is 0 Å². The lowest BCUT2D eigenvalue weighted by Crippen LogP contribution is -2.30. The number of hydrogen-bond acceptors (Lipinski definition) is 2. The van der Waals surface area contributed by atoms with E-state index >= 15 is 0 Å². The van der Waals surface area contributed by atoms with Gasteiger partial charge in [-0.15, -0.1) is 0 Å². The molecule has 1 aromatic rings. The monoisotopic (exact) mass is 312 g/mol. The van der Waals surface area contributed by atoms with Crippen LogP contribution in [0.5, 0.6) is 0 Å². The molecule has 0 heterocycles. The first-order chi connectivity index (χ1) is 8.42. The maximum atomic E-state index is 12.1. The summed E-state index contributed by atoms with van der Waals surface area (Å²) in [5.41, 5.74) is 0.916. The predicted molar refractivity (Wildman–Crippen MR) is 77.6 cm³/mol. The number of hydrogen-bond donors (Lipinski definition) is 0. The van der Waals surface area contributed by atoms with Crippen LogP contribution in [0.2, 0.25) is 0 Å². The molecule has 0 amide bonds. The van der Waals surface area contributed by atoms with Crippen LogP contribution >= 0.6 is 15.9 Å². The number of esters is 1. The first-order valence-corrected chi connectivity index (χ1v) is 7.05. The van der Waals surface area contributed by atoms with Gasteiger partial charge in [-0.05, 0) is 29.5 Å². The van der Waals surface area contributed by atoms with Gasteiger partial charge in [0.05, 0.1) is 13.0 Å². The van der Waals surface area contributed by atoms with Crippen molar-refractivity contribution in [3.05, 3.63) is 34.3 Å². The zero-order valence-corrected chi connectivity index (χ0v) is 13.1. The zero-order valence-electron chi connectivity index (χ0n) is 11.5. The number of rotatable bonds is 5. The Labute approximate surface area is 118 Å². The summed E-state index contributed by atoms with van der Waals surface area (Å²) in [5, 5.41) is 0. The topological polar surface area (TPSA) is 26.3 Å². The Hall–Kier alpha value is -0.830. The minimum atomic E-state index is -0.212. The van der Waals surface area contributed by atoms with E-state index < -0.39 is 0 Å². The second-order valence-electron chi connectivity index (χ2n) is 5.25. The largest absolute Gasteiger partial charge is 0.469 e. The van der Waals surface area contributed by atoms with Crippen molar-refractivity contribution in [3.8, 4) is 0 Å². The minimum absolute atomic E-state index is 0.102. The maximum Gasteiger partial charge on any atom is 0.313 e. The summed E-state index contributed by atoms with van der Waals surface area (Å²) >= 11 is 3.41. The molecule has 1 aromatic carbocycles. The molecule has 100 valence electrons. The number of benzene rings is 1. The summed E-state index contributed by atoms with van der Waals surface area (Å²) in [6, 6.07) is 7.91. The summed E-state index contributed by atoms with van der Waals surface area (Å²) < 4.78 is 6.00. The van der Waals surface area contributed by atoms with Crippen LogP contribution < -0.4 is 0 Å². The van der Waals surface area contributed by atoms with Crippen molar-refractivity contribution < 1.29 is 9.53 Å². The molecule has 0 fully saturated rings. The van der Waals surface area contributed by atoms with E-state index in [1.165, 1.54) is 7.11 Å². The van der Waals surface area contributed by atoms with E-state index in [9.17, 15) is 4.79 Å². The van der Waals surface area contributed by atoms with Gasteiger partial charge >= 0.3 is 5.97 Å². The molecular formula is C15H21BrO2. The Morgan fingerprint density at radius 1 is 1.33 bits per heavy atom. The number of carbonyl (C=O) groups is 1. The van der Waals surface area contributed by atoms with Crippen LogP contribution in [-0.4, -0.2) is 13.1 Å². The fourth-order valence-corrected chi connectivity index (χ4v) is 2.73.